The molecule has 5 heteroatoms. The average Bonchev–Trinajstić information content (AvgIpc) is 2.73. The van der Waals surface area contributed by atoms with Crippen LogP contribution in [0.15, 0.2) is 18.2 Å². The topological polar surface area (TPSA) is 59.3 Å². The molecule has 4 nitrogen and oxygen atoms in total. The molecule has 0 N–H and O–H groups in total. The Morgan fingerprint density at radius 2 is 1.79 bits per heavy atom. The number of esters is 1. The predicted octanol–water partition coefficient (Wildman–Crippen LogP) is 5.39. The summed E-state index contributed by atoms with van der Waals surface area (Å²) in [5, 5.41) is 8.76. The minimum atomic E-state index is -0.669. The summed E-state index contributed by atoms with van der Waals surface area (Å²) in [5.41, 5.74) is -0.0550. The third-order valence-corrected chi connectivity index (χ3v) is 6.40. The largest absolute Gasteiger partial charge is 0.426 e. The lowest BCUT2D eigenvalue weighted by Gasteiger charge is -2.31. The second-order valence-electron chi connectivity index (χ2n) is 8.28. The van der Waals surface area contributed by atoms with Crippen molar-refractivity contribution in [3.63, 3.8) is 0 Å². The van der Waals surface area contributed by atoms with Crippen molar-refractivity contribution in [1.29, 1.82) is 5.26 Å². The van der Waals surface area contributed by atoms with Crippen LogP contribution in [-0.2, 0) is 9.53 Å². The van der Waals surface area contributed by atoms with Gasteiger partial charge in [0.1, 0.15) is 17.6 Å². The van der Waals surface area contributed by atoms with Crippen LogP contribution in [0.1, 0.15) is 70.3 Å². The third kappa shape index (κ3) is 5.54. The Morgan fingerprint density at radius 3 is 2.39 bits per heavy atom. The summed E-state index contributed by atoms with van der Waals surface area (Å²) >= 11 is 0. The van der Waals surface area contributed by atoms with Gasteiger partial charge in [-0.1, -0.05) is 26.2 Å². The number of carbonyl (C=O) groups is 1. The van der Waals surface area contributed by atoms with Crippen molar-refractivity contribution in [3.05, 3.63) is 29.6 Å². The van der Waals surface area contributed by atoms with Gasteiger partial charge in [0.05, 0.1) is 17.6 Å². The Hall–Kier alpha value is -1.93. The van der Waals surface area contributed by atoms with Crippen LogP contribution in [0, 0.1) is 34.9 Å². The van der Waals surface area contributed by atoms with Crippen molar-refractivity contribution in [2.45, 2.75) is 70.8 Å². The molecular formula is C23H30FNO3. The van der Waals surface area contributed by atoms with E-state index in [1.54, 1.807) is 6.07 Å². The monoisotopic (exact) mass is 387 g/mol. The van der Waals surface area contributed by atoms with Crippen LogP contribution in [0.4, 0.5) is 4.39 Å². The van der Waals surface area contributed by atoms with Crippen molar-refractivity contribution in [2.75, 3.05) is 6.61 Å². The maximum Gasteiger partial charge on any atom is 0.314 e. The van der Waals surface area contributed by atoms with Gasteiger partial charge in [-0.3, -0.25) is 4.79 Å². The summed E-state index contributed by atoms with van der Waals surface area (Å²) in [6.45, 7) is 3.13. The number of hydrogen-bond donors (Lipinski definition) is 0. The van der Waals surface area contributed by atoms with E-state index in [1.165, 1.54) is 44.2 Å². The van der Waals surface area contributed by atoms with Gasteiger partial charge in [-0.05, 0) is 62.5 Å². The predicted molar refractivity (Wildman–Crippen MR) is 104 cm³/mol. The number of ether oxygens (including phenoxy) is 2. The highest BCUT2D eigenvalue weighted by atomic mass is 19.1. The lowest BCUT2D eigenvalue weighted by Crippen LogP contribution is -2.30. The fourth-order valence-corrected chi connectivity index (χ4v) is 4.39. The lowest BCUT2D eigenvalue weighted by molar-refractivity contribution is -0.141. The quantitative estimate of drug-likeness (QED) is 0.485. The highest BCUT2D eigenvalue weighted by Gasteiger charge is 2.29. The second kappa shape index (κ2) is 10.0. The minimum absolute atomic E-state index is 0.0550. The zero-order valence-electron chi connectivity index (χ0n) is 16.7. The summed E-state index contributed by atoms with van der Waals surface area (Å²) in [6, 6.07) is 5.64. The van der Waals surface area contributed by atoms with Gasteiger partial charge in [0, 0.05) is 12.7 Å². The summed E-state index contributed by atoms with van der Waals surface area (Å²) in [5.74, 6) is 0.596. The fourth-order valence-electron chi connectivity index (χ4n) is 4.39. The minimum Gasteiger partial charge on any atom is -0.426 e. The molecule has 0 radical (unpaired) electrons. The van der Waals surface area contributed by atoms with Crippen LogP contribution < -0.4 is 4.74 Å². The Balaban J connectivity index is 1.38. The molecule has 1 aromatic carbocycles. The first-order valence-corrected chi connectivity index (χ1v) is 10.6. The Labute approximate surface area is 167 Å². The molecule has 0 aromatic heterocycles. The zero-order valence-corrected chi connectivity index (χ0v) is 16.7. The van der Waals surface area contributed by atoms with Gasteiger partial charge in [-0.15, -0.1) is 0 Å². The molecule has 2 aliphatic rings. The maximum absolute atomic E-state index is 13.6. The van der Waals surface area contributed by atoms with Crippen LogP contribution in [0.25, 0.3) is 0 Å². The molecule has 0 atom stereocenters. The SMILES string of the molecule is CCC1CCC(COC2CCC(C(=O)Oc3ccc(C#N)c(F)c3)CC2)CC1. The molecule has 0 aliphatic heterocycles. The standard InChI is InChI=1S/C23H30FNO3/c1-2-16-3-5-17(6-4-16)15-27-20-10-7-18(8-11-20)23(26)28-21-12-9-19(14-25)22(24)13-21/h9,12-13,16-18,20H,2-8,10-11,15H2,1H3. The number of halogens is 1. The zero-order chi connectivity index (χ0) is 19.9. The van der Waals surface area contributed by atoms with Crippen molar-refractivity contribution < 1.29 is 18.7 Å². The summed E-state index contributed by atoms with van der Waals surface area (Å²) in [7, 11) is 0. The van der Waals surface area contributed by atoms with Gasteiger partial charge >= 0.3 is 5.97 Å². The fraction of sp³-hybridized carbons (Fsp3) is 0.652. The molecule has 1 aromatic rings. The molecular weight excluding hydrogens is 357 g/mol. The molecule has 0 heterocycles. The van der Waals surface area contributed by atoms with Crippen LogP contribution >= 0.6 is 0 Å². The number of nitriles is 1. The smallest absolute Gasteiger partial charge is 0.314 e. The Bertz CT molecular complexity index is 698. The van der Waals surface area contributed by atoms with Crippen molar-refractivity contribution in [1.82, 2.24) is 0 Å². The number of hydrogen-bond acceptors (Lipinski definition) is 4. The number of benzene rings is 1. The number of carbonyl (C=O) groups excluding carboxylic acids is 1. The summed E-state index contributed by atoms with van der Waals surface area (Å²) < 4.78 is 25.1. The van der Waals surface area contributed by atoms with Gasteiger partial charge < -0.3 is 9.47 Å². The molecule has 3 rings (SSSR count). The van der Waals surface area contributed by atoms with Crippen molar-refractivity contribution in [3.8, 4) is 11.8 Å². The number of rotatable bonds is 6. The van der Waals surface area contributed by atoms with Gasteiger partial charge in [0.15, 0.2) is 0 Å². The molecule has 0 bridgehead atoms. The maximum atomic E-state index is 13.6. The van der Waals surface area contributed by atoms with E-state index in [4.69, 9.17) is 14.7 Å². The summed E-state index contributed by atoms with van der Waals surface area (Å²) in [4.78, 5) is 12.4. The molecule has 0 amide bonds. The third-order valence-electron chi connectivity index (χ3n) is 6.40. The number of nitrogens with zero attached hydrogens (tertiary/aromatic N) is 1. The normalized spacial score (nSPS) is 27.8. The molecule has 0 saturated heterocycles. The first-order chi connectivity index (χ1) is 13.6. The first kappa shape index (κ1) is 20.8. The van der Waals surface area contributed by atoms with Crippen LogP contribution in [0.3, 0.4) is 0 Å². The van der Waals surface area contributed by atoms with Gasteiger partial charge in [-0.2, -0.15) is 5.26 Å². The van der Waals surface area contributed by atoms with Gasteiger partial charge in [-0.25, -0.2) is 4.39 Å². The van der Waals surface area contributed by atoms with E-state index in [0.29, 0.717) is 5.92 Å². The highest BCUT2D eigenvalue weighted by molar-refractivity contribution is 5.75. The molecule has 2 aliphatic carbocycles. The molecule has 0 spiro atoms. The first-order valence-electron chi connectivity index (χ1n) is 10.6. The van der Waals surface area contributed by atoms with Crippen LogP contribution in [0.5, 0.6) is 5.75 Å². The lowest BCUT2D eigenvalue weighted by atomic mass is 9.81. The van der Waals surface area contributed by atoms with E-state index in [-0.39, 0.29) is 29.3 Å². The summed E-state index contributed by atoms with van der Waals surface area (Å²) in [6.07, 6.45) is 9.97. The van der Waals surface area contributed by atoms with E-state index < -0.39 is 5.82 Å². The molecule has 28 heavy (non-hydrogen) atoms. The van der Waals surface area contributed by atoms with Gasteiger partial charge in [0.25, 0.3) is 0 Å². The van der Waals surface area contributed by atoms with Crippen molar-refractivity contribution in [2.24, 2.45) is 17.8 Å². The highest BCUT2D eigenvalue weighted by Crippen LogP contribution is 2.33. The van der Waals surface area contributed by atoms with E-state index >= 15 is 0 Å². The van der Waals surface area contributed by atoms with Gasteiger partial charge in [0.2, 0.25) is 0 Å². The van der Waals surface area contributed by atoms with E-state index in [2.05, 4.69) is 6.92 Å². The Kier molecular flexibility index (Phi) is 7.44. The molecule has 0 unspecified atom stereocenters. The van der Waals surface area contributed by atoms with Crippen LogP contribution in [0.2, 0.25) is 0 Å². The molecule has 2 fully saturated rings. The van der Waals surface area contributed by atoms with E-state index in [9.17, 15) is 9.18 Å². The molecule has 2 saturated carbocycles. The van der Waals surface area contributed by atoms with E-state index in [0.717, 1.165) is 44.3 Å². The average molecular weight is 387 g/mol. The Morgan fingerprint density at radius 1 is 1.11 bits per heavy atom. The second-order valence-corrected chi connectivity index (χ2v) is 8.28. The van der Waals surface area contributed by atoms with Crippen molar-refractivity contribution >= 4 is 5.97 Å². The molecule has 152 valence electrons. The van der Waals surface area contributed by atoms with E-state index in [1.807, 2.05) is 0 Å². The van der Waals surface area contributed by atoms with Crippen LogP contribution in [-0.4, -0.2) is 18.7 Å².